The van der Waals surface area contributed by atoms with Crippen molar-refractivity contribution in [2.75, 3.05) is 27.7 Å². The normalized spacial score (nSPS) is 14.1. The fourth-order valence-electron chi connectivity index (χ4n) is 3.65. The van der Waals surface area contributed by atoms with Crippen LogP contribution < -0.4 is 0 Å². The number of benzene rings is 2. The van der Waals surface area contributed by atoms with Crippen LogP contribution in [0.3, 0.4) is 0 Å². The van der Waals surface area contributed by atoms with E-state index in [2.05, 4.69) is 57.1 Å². The summed E-state index contributed by atoms with van der Waals surface area (Å²) < 4.78 is 5.29. The van der Waals surface area contributed by atoms with Crippen LogP contribution in [0.25, 0.3) is 10.8 Å². The Hall–Kier alpha value is -1.87. The SMILES string of the molecule is COC(=O)C(CCCN(C)C)(c1cccc2ccccc12)C(C)C. The van der Waals surface area contributed by atoms with Gasteiger partial charge in [-0.05, 0) is 55.7 Å². The van der Waals surface area contributed by atoms with Crippen molar-refractivity contribution in [3.63, 3.8) is 0 Å². The van der Waals surface area contributed by atoms with Crippen LogP contribution in [0.4, 0.5) is 0 Å². The van der Waals surface area contributed by atoms with Gasteiger partial charge in [0.05, 0.1) is 12.5 Å². The molecule has 0 fully saturated rings. The van der Waals surface area contributed by atoms with E-state index in [-0.39, 0.29) is 11.9 Å². The molecule has 0 aliphatic rings. The minimum Gasteiger partial charge on any atom is -0.468 e. The highest BCUT2D eigenvalue weighted by molar-refractivity contribution is 5.94. The van der Waals surface area contributed by atoms with Crippen molar-refractivity contribution in [1.82, 2.24) is 4.90 Å². The Bertz CT molecular complexity index is 688. The second-order valence-electron chi connectivity index (χ2n) is 7.05. The zero-order chi connectivity index (χ0) is 17.7. The van der Waals surface area contributed by atoms with Crippen molar-refractivity contribution < 1.29 is 9.53 Å². The molecule has 0 bridgehead atoms. The third kappa shape index (κ3) is 3.46. The van der Waals surface area contributed by atoms with Crippen LogP contribution in [0.2, 0.25) is 0 Å². The molecular weight excluding hydrogens is 298 g/mol. The monoisotopic (exact) mass is 327 g/mol. The fourth-order valence-corrected chi connectivity index (χ4v) is 3.65. The number of carbonyl (C=O) groups is 1. The molecule has 0 heterocycles. The summed E-state index contributed by atoms with van der Waals surface area (Å²) in [4.78, 5) is 15.1. The topological polar surface area (TPSA) is 29.5 Å². The molecule has 0 aliphatic carbocycles. The zero-order valence-electron chi connectivity index (χ0n) is 15.5. The predicted molar refractivity (Wildman–Crippen MR) is 100 cm³/mol. The molecule has 2 rings (SSSR count). The van der Waals surface area contributed by atoms with Gasteiger partial charge in [0.1, 0.15) is 0 Å². The van der Waals surface area contributed by atoms with Gasteiger partial charge >= 0.3 is 5.97 Å². The lowest BCUT2D eigenvalue weighted by Crippen LogP contribution is -2.42. The first-order chi connectivity index (χ1) is 11.4. The Labute approximate surface area is 145 Å². The number of methoxy groups -OCH3 is 1. The maximum Gasteiger partial charge on any atom is 0.316 e. The number of carbonyl (C=O) groups excluding carboxylic acids is 1. The van der Waals surface area contributed by atoms with Crippen molar-refractivity contribution in [2.45, 2.75) is 32.1 Å². The van der Waals surface area contributed by atoms with E-state index in [9.17, 15) is 4.79 Å². The van der Waals surface area contributed by atoms with Gasteiger partial charge in [0.25, 0.3) is 0 Å². The van der Waals surface area contributed by atoms with Crippen LogP contribution >= 0.6 is 0 Å². The van der Waals surface area contributed by atoms with E-state index < -0.39 is 5.41 Å². The molecule has 3 heteroatoms. The van der Waals surface area contributed by atoms with E-state index in [0.717, 1.165) is 35.7 Å². The van der Waals surface area contributed by atoms with Crippen molar-refractivity contribution in [1.29, 1.82) is 0 Å². The van der Waals surface area contributed by atoms with Gasteiger partial charge in [0, 0.05) is 0 Å². The largest absolute Gasteiger partial charge is 0.468 e. The second-order valence-corrected chi connectivity index (χ2v) is 7.05. The average molecular weight is 327 g/mol. The van der Waals surface area contributed by atoms with E-state index in [1.807, 2.05) is 18.2 Å². The number of esters is 1. The number of hydrogen-bond donors (Lipinski definition) is 0. The van der Waals surface area contributed by atoms with Gasteiger partial charge in [-0.2, -0.15) is 0 Å². The lowest BCUT2D eigenvalue weighted by Gasteiger charge is -2.36. The fraction of sp³-hybridized carbons (Fsp3) is 0.476. The molecule has 3 nitrogen and oxygen atoms in total. The molecule has 0 spiro atoms. The zero-order valence-corrected chi connectivity index (χ0v) is 15.5. The van der Waals surface area contributed by atoms with Crippen LogP contribution in [-0.2, 0) is 14.9 Å². The molecule has 0 radical (unpaired) electrons. The van der Waals surface area contributed by atoms with Crippen LogP contribution in [0.15, 0.2) is 42.5 Å². The molecule has 130 valence electrons. The highest BCUT2D eigenvalue weighted by Crippen LogP contribution is 2.41. The van der Waals surface area contributed by atoms with Gasteiger partial charge in [0.2, 0.25) is 0 Å². The van der Waals surface area contributed by atoms with Gasteiger partial charge in [0.15, 0.2) is 0 Å². The number of hydrogen-bond acceptors (Lipinski definition) is 3. The van der Waals surface area contributed by atoms with Gasteiger partial charge in [-0.15, -0.1) is 0 Å². The molecule has 0 aliphatic heterocycles. The van der Waals surface area contributed by atoms with Crippen molar-refractivity contribution in [3.05, 3.63) is 48.0 Å². The Balaban J connectivity index is 2.60. The number of fused-ring (bicyclic) bond motifs is 1. The Morgan fingerprint density at radius 1 is 1.12 bits per heavy atom. The van der Waals surface area contributed by atoms with Crippen LogP contribution in [-0.4, -0.2) is 38.6 Å². The molecule has 0 saturated carbocycles. The quantitative estimate of drug-likeness (QED) is 0.712. The molecule has 0 N–H and O–H groups in total. The van der Waals surface area contributed by atoms with E-state index in [1.165, 1.54) is 7.11 Å². The van der Waals surface area contributed by atoms with Crippen LogP contribution in [0, 0.1) is 5.92 Å². The number of rotatable bonds is 7. The van der Waals surface area contributed by atoms with Gasteiger partial charge in [-0.3, -0.25) is 4.79 Å². The molecular formula is C21H29NO2. The highest BCUT2D eigenvalue weighted by atomic mass is 16.5. The van der Waals surface area contributed by atoms with Crippen molar-refractivity contribution >= 4 is 16.7 Å². The first-order valence-corrected chi connectivity index (χ1v) is 8.65. The summed E-state index contributed by atoms with van der Waals surface area (Å²) in [6, 6.07) is 14.5. The second kappa shape index (κ2) is 7.80. The molecule has 0 aromatic heterocycles. The van der Waals surface area contributed by atoms with E-state index in [0.29, 0.717) is 0 Å². The van der Waals surface area contributed by atoms with Crippen LogP contribution in [0.5, 0.6) is 0 Å². The summed E-state index contributed by atoms with van der Waals surface area (Å²) in [6.45, 7) is 5.19. The molecule has 1 atom stereocenters. The van der Waals surface area contributed by atoms with E-state index in [4.69, 9.17) is 4.74 Å². The first-order valence-electron chi connectivity index (χ1n) is 8.65. The summed E-state index contributed by atoms with van der Waals surface area (Å²) in [5.74, 6) is 0.0190. The van der Waals surface area contributed by atoms with E-state index >= 15 is 0 Å². The molecule has 0 saturated heterocycles. The summed E-state index contributed by atoms with van der Waals surface area (Å²) in [6.07, 6.45) is 1.73. The molecule has 2 aromatic carbocycles. The lowest BCUT2D eigenvalue weighted by atomic mass is 9.67. The van der Waals surface area contributed by atoms with Crippen LogP contribution in [0.1, 0.15) is 32.3 Å². The summed E-state index contributed by atoms with van der Waals surface area (Å²) in [5.41, 5.74) is 0.465. The summed E-state index contributed by atoms with van der Waals surface area (Å²) >= 11 is 0. The predicted octanol–water partition coefficient (Wildman–Crippen LogP) is 4.25. The third-order valence-electron chi connectivity index (χ3n) is 4.98. The summed E-state index contributed by atoms with van der Waals surface area (Å²) in [7, 11) is 5.62. The minimum atomic E-state index is -0.619. The maximum atomic E-state index is 13.0. The first kappa shape index (κ1) is 18.5. The van der Waals surface area contributed by atoms with Gasteiger partial charge in [-0.25, -0.2) is 0 Å². The van der Waals surface area contributed by atoms with Gasteiger partial charge < -0.3 is 9.64 Å². The minimum absolute atomic E-state index is 0.132. The smallest absolute Gasteiger partial charge is 0.316 e. The average Bonchev–Trinajstić information content (AvgIpc) is 2.57. The molecule has 2 aromatic rings. The van der Waals surface area contributed by atoms with E-state index in [1.54, 1.807) is 0 Å². The number of nitrogens with zero attached hydrogens (tertiary/aromatic N) is 1. The summed E-state index contributed by atoms with van der Waals surface area (Å²) in [5, 5.41) is 2.31. The lowest BCUT2D eigenvalue weighted by molar-refractivity contribution is -0.150. The third-order valence-corrected chi connectivity index (χ3v) is 4.98. The van der Waals surface area contributed by atoms with Crippen molar-refractivity contribution in [2.24, 2.45) is 5.92 Å². The van der Waals surface area contributed by atoms with Crippen molar-refractivity contribution in [3.8, 4) is 0 Å². The van der Waals surface area contributed by atoms with Gasteiger partial charge in [-0.1, -0.05) is 56.3 Å². The Kier molecular flexibility index (Phi) is 6.00. The standard InChI is InChI=1S/C21H29NO2/c1-16(2)21(20(23)24-5,14-9-15-22(3)4)19-13-8-11-17-10-6-7-12-18(17)19/h6-8,10-13,16H,9,14-15H2,1-5H3. The molecule has 0 amide bonds. The molecule has 24 heavy (non-hydrogen) atoms. The maximum absolute atomic E-state index is 13.0. The molecule has 1 unspecified atom stereocenters. The Morgan fingerprint density at radius 2 is 1.79 bits per heavy atom. The number of ether oxygens (including phenoxy) is 1. The highest BCUT2D eigenvalue weighted by Gasteiger charge is 2.44. The Morgan fingerprint density at radius 3 is 2.42 bits per heavy atom.